The summed E-state index contributed by atoms with van der Waals surface area (Å²) in [5.41, 5.74) is 0.955. The Balaban J connectivity index is 2.21. The van der Waals surface area contributed by atoms with Gasteiger partial charge in [0.1, 0.15) is 24.1 Å². The minimum absolute atomic E-state index is 0.115. The highest BCUT2D eigenvalue weighted by Crippen LogP contribution is 2.29. The lowest BCUT2D eigenvalue weighted by Crippen LogP contribution is -2.55. The van der Waals surface area contributed by atoms with E-state index in [2.05, 4.69) is 10.6 Å². The molecule has 0 aliphatic carbocycles. The molecule has 0 saturated carbocycles. The van der Waals surface area contributed by atoms with E-state index in [1.165, 1.54) is 6.92 Å². The average Bonchev–Trinajstić information content (AvgIpc) is 2.50. The normalized spacial score (nSPS) is 27.3. The molecule has 5 N–H and O–H groups in total. The number of carbonyl (C=O) groups is 1. The maximum absolute atomic E-state index is 11.3. The number of anilines is 2. The summed E-state index contributed by atoms with van der Waals surface area (Å²) >= 11 is 0. The zero-order valence-electron chi connectivity index (χ0n) is 13.0. The van der Waals surface area contributed by atoms with Gasteiger partial charge in [0.25, 0.3) is 0 Å². The van der Waals surface area contributed by atoms with Gasteiger partial charge < -0.3 is 35.4 Å². The van der Waals surface area contributed by atoms with Crippen LogP contribution in [0.15, 0.2) is 18.2 Å². The van der Waals surface area contributed by atoms with Crippen LogP contribution in [0.5, 0.6) is 5.75 Å². The summed E-state index contributed by atoms with van der Waals surface area (Å²) in [6.45, 7) is 3.59. The van der Waals surface area contributed by atoms with Crippen molar-refractivity contribution < 1.29 is 29.6 Å². The number of ether oxygens (including phenoxy) is 2. The van der Waals surface area contributed by atoms with Crippen LogP contribution < -0.4 is 15.4 Å². The van der Waals surface area contributed by atoms with Gasteiger partial charge in [-0.25, -0.2) is 0 Å². The molecule has 2 rings (SSSR count). The Labute approximate surface area is 134 Å². The molecule has 0 spiro atoms. The van der Waals surface area contributed by atoms with Crippen LogP contribution in [-0.2, 0) is 9.53 Å². The van der Waals surface area contributed by atoms with Crippen LogP contribution in [-0.4, -0.2) is 59.0 Å². The van der Waals surface area contributed by atoms with Crippen LogP contribution in [0.1, 0.15) is 13.8 Å². The Morgan fingerprint density at radius 3 is 2.70 bits per heavy atom. The maximum atomic E-state index is 11.3. The molecule has 23 heavy (non-hydrogen) atoms. The van der Waals surface area contributed by atoms with Gasteiger partial charge in [0.15, 0.2) is 6.23 Å². The molecule has 1 aliphatic rings. The van der Waals surface area contributed by atoms with Gasteiger partial charge in [-0.15, -0.1) is 0 Å². The monoisotopic (exact) mass is 326 g/mol. The highest BCUT2D eigenvalue weighted by molar-refractivity contribution is 5.92. The first-order valence-electron chi connectivity index (χ1n) is 7.39. The lowest BCUT2D eigenvalue weighted by molar-refractivity contribution is -0.178. The lowest BCUT2D eigenvalue weighted by Gasteiger charge is -2.36. The largest absolute Gasteiger partial charge is 0.494 e. The van der Waals surface area contributed by atoms with Gasteiger partial charge >= 0.3 is 0 Å². The van der Waals surface area contributed by atoms with Crippen molar-refractivity contribution in [2.24, 2.45) is 0 Å². The lowest BCUT2D eigenvalue weighted by atomic mass is 10.0. The molecule has 0 aromatic heterocycles. The van der Waals surface area contributed by atoms with E-state index < -0.39 is 24.5 Å². The second kappa shape index (κ2) is 7.60. The predicted octanol–water partition coefficient (Wildman–Crippen LogP) is -0.105. The standard InChI is InChI=1S/C15H22N2O6/c1-3-22-9-4-5-10(16-8(2)18)11(6-9)17-15-14(21)13(20)12(19)7-23-15/h4-6,12-15,17,19-21H,3,7H2,1-2H3,(H,16,18). The number of carbonyl (C=O) groups excluding carboxylic acids is 1. The quantitative estimate of drug-likeness (QED) is 0.512. The van der Waals surface area contributed by atoms with Crippen LogP contribution >= 0.6 is 0 Å². The van der Waals surface area contributed by atoms with Crippen molar-refractivity contribution in [1.82, 2.24) is 0 Å². The van der Waals surface area contributed by atoms with E-state index in [1.54, 1.807) is 18.2 Å². The third-order valence-electron chi connectivity index (χ3n) is 3.41. The molecule has 8 nitrogen and oxygen atoms in total. The summed E-state index contributed by atoms with van der Waals surface area (Å²) < 4.78 is 10.7. The van der Waals surface area contributed by atoms with E-state index in [0.29, 0.717) is 23.7 Å². The summed E-state index contributed by atoms with van der Waals surface area (Å²) in [4.78, 5) is 11.3. The zero-order valence-corrected chi connectivity index (χ0v) is 13.0. The molecule has 4 atom stereocenters. The minimum Gasteiger partial charge on any atom is -0.494 e. The predicted molar refractivity (Wildman–Crippen MR) is 83.3 cm³/mol. The summed E-state index contributed by atoms with van der Waals surface area (Å²) in [6, 6.07) is 5.02. The SMILES string of the molecule is CCOc1ccc(NC(C)=O)c(NC2OCC(O)C(O)C2O)c1. The van der Waals surface area contributed by atoms with Crippen molar-refractivity contribution in [2.75, 3.05) is 23.8 Å². The number of amides is 1. The van der Waals surface area contributed by atoms with Gasteiger partial charge in [0, 0.05) is 13.0 Å². The van der Waals surface area contributed by atoms with E-state index in [9.17, 15) is 20.1 Å². The van der Waals surface area contributed by atoms with Crippen molar-refractivity contribution in [3.8, 4) is 5.75 Å². The summed E-state index contributed by atoms with van der Waals surface area (Å²) in [5, 5.41) is 34.8. The first kappa shape index (κ1) is 17.5. The van der Waals surface area contributed by atoms with Gasteiger partial charge in [0.2, 0.25) is 5.91 Å². The molecule has 0 bridgehead atoms. The number of aliphatic hydroxyl groups is 3. The van der Waals surface area contributed by atoms with Crippen molar-refractivity contribution in [1.29, 1.82) is 0 Å². The highest BCUT2D eigenvalue weighted by atomic mass is 16.5. The third kappa shape index (κ3) is 4.32. The molecular formula is C15H22N2O6. The molecule has 1 aliphatic heterocycles. The summed E-state index contributed by atoms with van der Waals surface area (Å²) in [7, 11) is 0. The van der Waals surface area contributed by atoms with Crippen molar-refractivity contribution in [2.45, 2.75) is 38.4 Å². The van der Waals surface area contributed by atoms with Gasteiger partial charge in [0.05, 0.1) is 24.6 Å². The van der Waals surface area contributed by atoms with Gasteiger partial charge in [-0.05, 0) is 19.1 Å². The molecule has 1 aromatic rings. The Kier molecular flexibility index (Phi) is 5.78. The molecule has 128 valence electrons. The fraction of sp³-hybridized carbons (Fsp3) is 0.533. The van der Waals surface area contributed by atoms with Gasteiger partial charge in [-0.2, -0.15) is 0 Å². The Morgan fingerprint density at radius 2 is 2.04 bits per heavy atom. The van der Waals surface area contributed by atoms with E-state index in [-0.39, 0.29) is 12.5 Å². The molecule has 1 aromatic carbocycles. The van der Waals surface area contributed by atoms with Crippen LogP contribution in [0.2, 0.25) is 0 Å². The molecule has 1 fully saturated rings. The average molecular weight is 326 g/mol. The van der Waals surface area contributed by atoms with Gasteiger partial charge in [-0.3, -0.25) is 4.79 Å². The molecular weight excluding hydrogens is 304 g/mol. The highest BCUT2D eigenvalue weighted by Gasteiger charge is 2.37. The first-order valence-corrected chi connectivity index (χ1v) is 7.39. The topological polar surface area (TPSA) is 120 Å². The molecule has 1 amide bonds. The third-order valence-corrected chi connectivity index (χ3v) is 3.41. The van der Waals surface area contributed by atoms with Crippen molar-refractivity contribution in [3.63, 3.8) is 0 Å². The molecule has 0 radical (unpaired) electrons. The van der Waals surface area contributed by atoms with Crippen LogP contribution in [0.3, 0.4) is 0 Å². The Morgan fingerprint density at radius 1 is 1.30 bits per heavy atom. The fourth-order valence-corrected chi connectivity index (χ4v) is 2.28. The number of nitrogens with one attached hydrogen (secondary N) is 2. The number of benzene rings is 1. The minimum atomic E-state index is -1.32. The van der Waals surface area contributed by atoms with Crippen LogP contribution in [0.4, 0.5) is 11.4 Å². The second-order valence-corrected chi connectivity index (χ2v) is 5.27. The number of hydrogen-bond donors (Lipinski definition) is 5. The maximum Gasteiger partial charge on any atom is 0.221 e. The fourth-order valence-electron chi connectivity index (χ4n) is 2.28. The Bertz CT molecular complexity index is 553. The van der Waals surface area contributed by atoms with Crippen molar-refractivity contribution >= 4 is 17.3 Å². The van der Waals surface area contributed by atoms with E-state index in [1.807, 2.05) is 6.92 Å². The number of rotatable bonds is 5. The smallest absolute Gasteiger partial charge is 0.221 e. The van der Waals surface area contributed by atoms with E-state index >= 15 is 0 Å². The summed E-state index contributed by atoms with van der Waals surface area (Å²) in [6.07, 6.45) is -4.72. The zero-order chi connectivity index (χ0) is 17.0. The number of hydrogen-bond acceptors (Lipinski definition) is 7. The van der Waals surface area contributed by atoms with E-state index in [0.717, 1.165) is 0 Å². The first-order chi connectivity index (χ1) is 10.9. The van der Waals surface area contributed by atoms with Gasteiger partial charge in [-0.1, -0.05) is 0 Å². The molecule has 1 heterocycles. The Hall–Kier alpha value is -1.87. The van der Waals surface area contributed by atoms with Crippen LogP contribution in [0.25, 0.3) is 0 Å². The molecule has 1 saturated heterocycles. The molecule has 4 unspecified atom stereocenters. The van der Waals surface area contributed by atoms with Crippen molar-refractivity contribution in [3.05, 3.63) is 18.2 Å². The molecule has 8 heteroatoms. The number of aliphatic hydroxyl groups excluding tert-OH is 3. The summed E-state index contributed by atoms with van der Waals surface area (Å²) in [5.74, 6) is 0.327. The van der Waals surface area contributed by atoms with E-state index in [4.69, 9.17) is 9.47 Å². The van der Waals surface area contributed by atoms with Crippen LogP contribution in [0, 0.1) is 0 Å². The second-order valence-electron chi connectivity index (χ2n) is 5.27.